The van der Waals surface area contributed by atoms with Gasteiger partial charge in [-0.2, -0.15) is 0 Å². The fourth-order valence-electron chi connectivity index (χ4n) is 2.11. The van der Waals surface area contributed by atoms with Crippen molar-refractivity contribution in [3.63, 3.8) is 0 Å². The Morgan fingerprint density at radius 1 is 1.17 bits per heavy atom. The molecule has 1 unspecified atom stereocenters. The van der Waals surface area contributed by atoms with Gasteiger partial charge in [-0.25, -0.2) is 0 Å². The van der Waals surface area contributed by atoms with Gasteiger partial charge in [0, 0.05) is 18.7 Å². The molecule has 2 aliphatic rings. The molecule has 0 bridgehead atoms. The minimum atomic E-state index is -0.0650. The molecule has 1 saturated heterocycles. The summed E-state index contributed by atoms with van der Waals surface area (Å²) in [5, 5.41) is 12.8. The Labute approximate surface area is 73.1 Å². The van der Waals surface area contributed by atoms with E-state index in [9.17, 15) is 5.11 Å². The van der Waals surface area contributed by atoms with Crippen molar-refractivity contribution in [1.82, 2.24) is 5.32 Å². The summed E-state index contributed by atoms with van der Waals surface area (Å²) >= 11 is 0. The van der Waals surface area contributed by atoms with E-state index in [1.54, 1.807) is 0 Å². The Balaban J connectivity index is 1.72. The highest BCUT2D eigenvalue weighted by atomic mass is 16.5. The van der Waals surface area contributed by atoms with Crippen LogP contribution >= 0.6 is 0 Å². The van der Waals surface area contributed by atoms with Gasteiger partial charge in [0.1, 0.15) is 0 Å². The molecule has 2 N–H and O–H groups in total. The van der Waals surface area contributed by atoms with Crippen molar-refractivity contribution in [2.24, 2.45) is 0 Å². The zero-order chi connectivity index (χ0) is 8.39. The summed E-state index contributed by atoms with van der Waals surface area (Å²) in [4.78, 5) is 0. The van der Waals surface area contributed by atoms with Crippen LogP contribution in [0.4, 0.5) is 0 Å². The number of aliphatic hydroxyl groups is 1. The Kier molecular flexibility index (Phi) is 2.63. The first-order valence-corrected chi connectivity index (χ1v) is 4.86. The van der Waals surface area contributed by atoms with Crippen molar-refractivity contribution >= 4 is 0 Å². The summed E-state index contributed by atoms with van der Waals surface area (Å²) in [5.41, 5.74) is 0. The summed E-state index contributed by atoms with van der Waals surface area (Å²) < 4.78 is 5.27. The third-order valence-corrected chi connectivity index (χ3v) is 2.81. The molecule has 3 atom stereocenters. The number of ether oxygens (including phenoxy) is 1. The van der Waals surface area contributed by atoms with Crippen LogP contribution in [-0.4, -0.2) is 36.5 Å². The first-order valence-electron chi connectivity index (χ1n) is 4.86. The lowest BCUT2D eigenvalue weighted by Gasteiger charge is -2.16. The van der Waals surface area contributed by atoms with E-state index in [1.807, 2.05) is 0 Å². The number of hydrogen-bond acceptors (Lipinski definition) is 3. The molecule has 0 aromatic rings. The quantitative estimate of drug-likeness (QED) is 0.627. The fraction of sp³-hybridized carbons (Fsp3) is 1.00. The summed E-state index contributed by atoms with van der Waals surface area (Å²) in [7, 11) is 0. The van der Waals surface area contributed by atoms with Gasteiger partial charge in [-0.05, 0) is 25.7 Å². The third kappa shape index (κ3) is 1.97. The lowest BCUT2D eigenvalue weighted by molar-refractivity contribution is 0.174. The van der Waals surface area contributed by atoms with Crippen LogP contribution in [0, 0.1) is 0 Å². The molecule has 1 saturated carbocycles. The van der Waals surface area contributed by atoms with Crippen LogP contribution in [-0.2, 0) is 4.74 Å². The monoisotopic (exact) mass is 171 g/mol. The van der Waals surface area contributed by atoms with Gasteiger partial charge in [-0.3, -0.25) is 0 Å². The summed E-state index contributed by atoms with van der Waals surface area (Å²) in [5.74, 6) is 0. The van der Waals surface area contributed by atoms with Gasteiger partial charge in [0.15, 0.2) is 0 Å². The van der Waals surface area contributed by atoms with E-state index in [4.69, 9.17) is 4.74 Å². The van der Waals surface area contributed by atoms with Gasteiger partial charge in [-0.1, -0.05) is 0 Å². The predicted octanol–water partition coefficient (Wildman–Crippen LogP) is 0.278. The molecule has 12 heavy (non-hydrogen) atoms. The van der Waals surface area contributed by atoms with Crippen LogP contribution in [0.3, 0.4) is 0 Å². The molecule has 1 aliphatic carbocycles. The van der Waals surface area contributed by atoms with Gasteiger partial charge >= 0.3 is 0 Å². The molecular weight excluding hydrogens is 154 g/mol. The van der Waals surface area contributed by atoms with E-state index in [0.717, 1.165) is 38.9 Å². The molecular formula is C9H17NO2. The smallest absolute Gasteiger partial charge is 0.0620 e. The summed E-state index contributed by atoms with van der Waals surface area (Å²) in [6.45, 7) is 1.75. The molecule has 0 aromatic carbocycles. The largest absolute Gasteiger partial charge is 0.393 e. The van der Waals surface area contributed by atoms with Gasteiger partial charge in [0.2, 0.25) is 0 Å². The maximum absolute atomic E-state index is 9.30. The van der Waals surface area contributed by atoms with Crippen molar-refractivity contribution < 1.29 is 9.84 Å². The summed E-state index contributed by atoms with van der Waals surface area (Å²) in [6.07, 6.45) is 4.08. The topological polar surface area (TPSA) is 41.5 Å². The molecule has 2 fully saturated rings. The highest BCUT2D eigenvalue weighted by Crippen LogP contribution is 2.20. The number of nitrogens with one attached hydrogen (secondary N) is 1. The van der Waals surface area contributed by atoms with Crippen LogP contribution in [0.5, 0.6) is 0 Å². The van der Waals surface area contributed by atoms with Crippen LogP contribution in [0.1, 0.15) is 25.7 Å². The minimum absolute atomic E-state index is 0.0650. The maximum atomic E-state index is 9.30. The van der Waals surface area contributed by atoms with E-state index in [2.05, 4.69) is 5.32 Å². The molecule has 0 aromatic heterocycles. The second-order valence-corrected chi connectivity index (χ2v) is 3.89. The van der Waals surface area contributed by atoms with Crippen LogP contribution in [0.15, 0.2) is 0 Å². The second-order valence-electron chi connectivity index (χ2n) is 3.89. The van der Waals surface area contributed by atoms with E-state index in [1.165, 1.54) is 0 Å². The zero-order valence-electron chi connectivity index (χ0n) is 7.33. The van der Waals surface area contributed by atoms with E-state index in [-0.39, 0.29) is 6.10 Å². The van der Waals surface area contributed by atoms with Gasteiger partial charge in [0.25, 0.3) is 0 Å². The van der Waals surface area contributed by atoms with E-state index in [0.29, 0.717) is 12.1 Å². The highest BCUT2D eigenvalue weighted by molar-refractivity contribution is 4.84. The maximum Gasteiger partial charge on any atom is 0.0620 e. The average molecular weight is 171 g/mol. The second kappa shape index (κ2) is 3.73. The molecule has 1 heterocycles. The van der Waals surface area contributed by atoms with Crippen molar-refractivity contribution in [2.45, 2.75) is 43.9 Å². The van der Waals surface area contributed by atoms with Crippen LogP contribution < -0.4 is 5.32 Å². The predicted molar refractivity (Wildman–Crippen MR) is 46.0 cm³/mol. The molecule has 0 amide bonds. The molecule has 1 aliphatic heterocycles. The van der Waals surface area contributed by atoms with Gasteiger partial charge < -0.3 is 15.2 Å². The molecule has 2 rings (SSSR count). The Bertz CT molecular complexity index is 145. The molecule has 3 nitrogen and oxygen atoms in total. The zero-order valence-corrected chi connectivity index (χ0v) is 7.33. The molecule has 0 spiro atoms. The lowest BCUT2D eigenvalue weighted by atomic mass is 10.2. The van der Waals surface area contributed by atoms with Gasteiger partial charge in [0.05, 0.1) is 12.7 Å². The molecule has 0 radical (unpaired) electrons. The van der Waals surface area contributed by atoms with E-state index < -0.39 is 0 Å². The average Bonchev–Trinajstić information content (AvgIpc) is 2.63. The van der Waals surface area contributed by atoms with Gasteiger partial charge in [-0.15, -0.1) is 0 Å². The first kappa shape index (κ1) is 8.48. The van der Waals surface area contributed by atoms with Crippen molar-refractivity contribution in [1.29, 1.82) is 0 Å². The first-order chi connectivity index (χ1) is 5.84. The van der Waals surface area contributed by atoms with Crippen molar-refractivity contribution in [3.05, 3.63) is 0 Å². The van der Waals surface area contributed by atoms with Crippen molar-refractivity contribution in [3.8, 4) is 0 Å². The van der Waals surface area contributed by atoms with Crippen molar-refractivity contribution in [2.75, 3.05) is 13.2 Å². The number of rotatable bonds is 2. The molecule has 3 heteroatoms. The summed E-state index contributed by atoms with van der Waals surface area (Å²) in [6, 6.07) is 1.08. The number of aliphatic hydroxyl groups excluding tert-OH is 1. The molecule has 70 valence electrons. The normalized spacial score (nSPS) is 42.2. The van der Waals surface area contributed by atoms with Crippen LogP contribution in [0.2, 0.25) is 0 Å². The van der Waals surface area contributed by atoms with E-state index >= 15 is 0 Å². The highest BCUT2D eigenvalue weighted by Gasteiger charge is 2.26. The van der Waals surface area contributed by atoms with Crippen LogP contribution in [0.25, 0.3) is 0 Å². The SMILES string of the molecule is O[C@@H]1CC[C@H](NC2CCOC2)C1. The lowest BCUT2D eigenvalue weighted by Crippen LogP contribution is -2.37. The Morgan fingerprint density at radius 3 is 2.67 bits per heavy atom. The number of hydrogen-bond donors (Lipinski definition) is 2. The Morgan fingerprint density at radius 2 is 2.08 bits per heavy atom. The Hall–Kier alpha value is -0.120. The standard InChI is InChI=1S/C9H17NO2/c11-9-2-1-7(5-9)10-8-3-4-12-6-8/h7-11H,1-6H2/t7-,8?,9+/m0/s1. The third-order valence-electron chi connectivity index (χ3n) is 2.81. The fourth-order valence-corrected chi connectivity index (χ4v) is 2.11. The minimum Gasteiger partial charge on any atom is -0.393 e.